The van der Waals surface area contributed by atoms with Crippen LogP contribution in [0.15, 0.2) is 30.3 Å². The quantitative estimate of drug-likeness (QED) is 0.778. The van der Waals surface area contributed by atoms with E-state index < -0.39 is 11.9 Å². The Labute approximate surface area is 154 Å². The number of carbonyl (C=O) groups is 3. The number of aliphatic carboxylic acids is 1. The van der Waals surface area contributed by atoms with Crippen molar-refractivity contribution in [3.05, 3.63) is 35.9 Å². The Balaban J connectivity index is 1.81. The van der Waals surface area contributed by atoms with Crippen LogP contribution in [0.2, 0.25) is 0 Å². The van der Waals surface area contributed by atoms with Crippen molar-refractivity contribution in [2.24, 2.45) is 17.8 Å². The predicted octanol–water partition coefficient (Wildman–Crippen LogP) is 1.94. The molecule has 1 aliphatic rings. The fraction of sp³-hybridized carbons (Fsp3) is 0.550. The van der Waals surface area contributed by atoms with Crippen molar-refractivity contribution in [1.82, 2.24) is 10.2 Å². The standard InChI is InChI=1S/C20H28N2O4/c1-14(2)19(24)22-10-8-16(9-11-22)18(23)21-13-17(20(25)26)12-15-6-4-3-5-7-15/h3-7,14,16-17H,8-13H2,1-2H3,(H,21,23)(H,25,26). The number of hydrogen-bond donors (Lipinski definition) is 2. The number of carboxylic acids is 1. The molecule has 0 saturated carbocycles. The van der Waals surface area contributed by atoms with Crippen LogP contribution in [0, 0.1) is 17.8 Å². The first-order valence-electron chi connectivity index (χ1n) is 9.21. The van der Waals surface area contributed by atoms with E-state index in [0.29, 0.717) is 32.4 Å². The molecule has 142 valence electrons. The number of hydrogen-bond acceptors (Lipinski definition) is 3. The van der Waals surface area contributed by atoms with Crippen molar-refractivity contribution >= 4 is 17.8 Å². The predicted molar refractivity (Wildman–Crippen MR) is 98.4 cm³/mol. The number of rotatable bonds is 7. The Morgan fingerprint density at radius 3 is 2.31 bits per heavy atom. The lowest BCUT2D eigenvalue weighted by Gasteiger charge is -2.32. The van der Waals surface area contributed by atoms with E-state index >= 15 is 0 Å². The number of nitrogens with zero attached hydrogens (tertiary/aromatic N) is 1. The third-order valence-electron chi connectivity index (χ3n) is 4.87. The zero-order valence-electron chi connectivity index (χ0n) is 15.5. The van der Waals surface area contributed by atoms with Gasteiger partial charge in [-0.15, -0.1) is 0 Å². The second kappa shape index (κ2) is 9.36. The van der Waals surface area contributed by atoms with Gasteiger partial charge in [-0.05, 0) is 24.8 Å². The molecule has 1 saturated heterocycles. The van der Waals surface area contributed by atoms with Crippen molar-refractivity contribution in [3.63, 3.8) is 0 Å². The molecule has 2 amide bonds. The van der Waals surface area contributed by atoms with Crippen LogP contribution >= 0.6 is 0 Å². The lowest BCUT2D eigenvalue weighted by molar-refractivity contribution is -0.142. The summed E-state index contributed by atoms with van der Waals surface area (Å²) in [5, 5.41) is 12.2. The van der Waals surface area contributed by atoms with Crippen LogP contribution in [-0.4, -0.2) is 47.4 Å². The summed E-state index contributed by atoms with van der Waals surface area (Å²) in [7, 11) is 0. The van der Waals surface area contributed by atoms with Crippen LogP contribution in [0.5, 0.6) is 0 Å². The van der Waals surface area contributed by atoms with Gasteiger partial charge in [-0.3, -0.25) is 14.4 Å². The van der Waals surface area contributed by atoms with Crippen LogP contribution in [0.3, 0.4) is 0 Å². The van der Waals surface area contributed by atoms with Gasteiger partial charge >= 0.3 is 5.97 Å². The molecule has 0 aromatic heterocycles. The molecule has 2 N–H and O–H groups in total. The van der Waals surface area contributed by atoms with Gasteiger partial charge in [-0.1, -0.05) is 44.2 Å². The van der Waals surface area contributed by atoms with E-state index in [1.165, 1.54) is 0 Å². The molecule has 1 fully saturated rings. The summed E-state index contributed by atoms with van der Waals surface area (Å²) >= 11 is 0. The number of benzene rings is 1. The largest absolute Gasteiger partial charge is 0.481 e. The van der Waals surface area contributed by atoms with E-state index in [0.717, 1.165) is 5.56 Å². The summed E-state index contributed by atoms with van der Waals surface area (Å²) in [4.78, 5) is 37.7. The van der Waals surface area contributed by atoms with E-state index in [9.17, 15) is 19.5 Å². The van der Waals surface area contributed by atoms with Crippen LogP contribution in [-0.2, 0) is 20.8 Å². The molecule has 2 rings (SSSR count). The highest BCUT2D eigenvalue weighted by atomic mass is 16.4. The molecule has 0 aliphatic carbocycles. The number of likely N-dealkylation sites (tertiary alicyclic amines) is 1. The molecule has 1 unspecified atom stereocenters. The van der Waals surface area contributed by atoms with Crippen LogP contribution in [0.1, 0.15) is 32.3 Å². The highest BCUT2D eigenvalue weighted by Gasteiger charge is 2.29. The first-order chi connectivity index (χ1) is 12.4. The van der Waals surface area contributed by atoms with E-state index in [1.54, 1.807) is 0 Å². The van der Waals surface area contributed by atoms with E-state index in [4.69, 9.17) is 0 Å². The Morgan fingerprint density at radius 2 is 1.77 bits per heavy atom. The number of carboxylic acid groups (broad SMARTS) is 1. The van der Waals surface area contributed by atoms with Gasteiger partial charge in [0.25, 0.3) is 0 Å². The van der Waals surface area contributed by atoms with E-state index in [-0.39, 0.29) is 30.2 Å². The second-order valence-corrected chi connectivity index (χ2v) is 7.22. The summed E-state index contributed by atoms with van der Waals surface area (Å²) in [6, 6.07) is 9.41. The van der Waals surface area contributed by atoms with Crippen LogP contribution in [0.25, 0.3) is 0 Å². The van der Waals surface area contributed by atoms with Crippen molar-refractivity contribution in [2.75, 3.05) is 19.6 Å². The normalized spacial score (nSPS) is 16.3. The van der Waals surface area contributed by atoms with Gasteiger partial charge in [0.2, 0.25) is 11.8 Å². The van der Waals surface area contributed by atoms with Gasteiger partial charge in [0.15, 0.2) is 0 Å². The Kier molecular flexibility index (Phi) is 7.18. The molecule has 26 heavy (non-hydrogen) atoms. The smallest absolute Gasteiger partial charge is 0.308 e. The fourth-order valence-corrected chi connectivity index (χ4v) is 3.24. The van der Waals surface area contributed by atoms with Crippen LogP contribution < -0.4 is 5.32 Å². The molecule has 6 heteroatoms. The second-order valence-electron chi connectivity index (χ2n) is 7.22. The molecular weight excluding hydrogens is 332 g/mol. The number of nitrogens with one attached hydrogen (secondary N) is 1. The highest BCUT2D eigenvalue weighted by Crippen LogP contribution is 2.19. The minimum atomic E-state index is -0.911. The lowest BCUT2D eigenvalue weighted by Crippen LogP contribution is -2.45. The first-order valence-corrected chi connectivity index (χ1v) is 9.21. The summed E-state index contributed by atoms with van der Waals surface area (Å²) in [6.07, 6.45) is 1.64. The number of amides is 2. The third-order valence-corrected chi connectivity index (χ3v) is 4.87. The molecule has 1 heterocycles. The summed E-state index contributed by atoms with van der Waals surface area (Å²) in [5.41, 5.74) is 0.939. The Morgan fingerprint density at radius 1 is 1.15 bits per heavy atom. The van der Waals surface area contributed by atoms with E-state index in [2.05, 4.69) is 5.32 Å². The summed E-state index contributed by atoms with van der Waals surface area (Å²) in [6.45, 7) is 5.04. The molecule has 0 spiro atoms. The lowest BCUT2D eigenvalue weighted by atomic mass is 9.94. The van der Waals surface area contributed by atoms with Crippen LogP contribution in [0.4, 0.5) is 0 Å². The van der Waals surface area contributed by atoms with E-state index in [1.807, 2.05) is 49.1 Å². The maximum absolute atomic E-state index is 12.4. The molecule has 1 atom stereocenters. The summed E-state index contributed by atoms with van der Waals surface area (Å²) in [5.74, 6) is -1.74. The number of piperidine rings is 1. The average Bonchev–Trinajstić information content (AvgIpc) is 2.64. The molecule has 0 radical (unpaired) electrons. The topological polar surface area (TPSA) is 86.7 Å². The SMILES string of the molecule is CC(C)C(=O)N1CCC(C(=O)NCC(Cc2ccccc2)C(=O)O)CC1. The average molecular weight is 360 g/mol. The maximum Gasteiger partial charge on any atom is 0.308 e. The minimum Gasteiger partial charge on any atom is -0.481 e. The first kappa shape index (κ1) is 19.9. The van der Waals surface area contributed by atoms with Gasteiger partial charge in [0.05, 0.1) is 5.92 Å². The monoisotopic (exact) mass is 360 g/mol. The van der Waals surface area contributed by atoms with Gasteiger partial charge in [0, 0.05) is 31.5 Å². The fourth-order valence-electron chi connectivity index (χ4n) is 3.24. The summed E-state index contributed by atoms with van der Waals surface area (Å²) < 4.78 is 0. The minimum absolute atomic E-state index is 0.0327. The highest BCUT2D eigenvalue weighted by molar-refractivity contribution is 5.81. The molecule has 1 aromatic carbocycles. The van der Waals surface area contributed by atoms with Gasteiger partial charge in [-0.2, -0.15) is 0 Å². The van der Waals surface area contributed by atoms with Crippen molar-refractivity contribution in [1.29, 1.82) is 0 Å². The third kappa shape index (κ3) is 5.58. The molecule has 6 nitrogen and oxygen atoms in total. The molecule has 1 aliphatic heterocycles. The van der Waals surface area contributed by atoms with Gasteiger partial charge in [0.1, 0.15) is 0 Å². The maximum atomic E-state index is 12.4. The number of carbonyl (C=O) groups excluding carboxylic acids is 2. The van der Waals surface area contributed by atoms with Gasteiger partial charge < -0.3 is 15.3 Å². The zero-order valence-corrected chi connectivity index (χ0v) is 15.5. The van der Waals surface area contributed by atoms with Crippen molar-refractivity contribution < 1.29 is 19.5 Å². The zero-order chi connectivity index (χ0) is 19.1. The Bertz CT molecular complexity index is 622. The molecular formula is C20H28N2O4. The Hall–Kier alpha value is -2.37. The van der Waals surface area contributed by atoms with Crippen molar-refractivity contribution in [3.8, 4) is 0 Å². The van der Waals surface area contributed by atoms with Crippen molar-refractivity contribution in [2.45, 2.75) is 33.1 Å². The molecule has 0 bridgehead atoms. The van der Waals surface area contributed by atoms with Gasteiger partial charge in [-0.25, -0.2) is 0 Å². The molecule has 1 aromatic rings.